The highest BCUT2D eigenvalue weighted by molar-refractivity contribution is 6.05. The lowest BCUT2D eigenvalue weighted by molar-refractivity contribution is -0.147. The van der Waals surface area contributed by atoms with Crippen molar-refractivity contribution < 1.29 is 19.1 Å². The lowest BCUT2D eigenvalue weighted by atomic mass is 9.90. The number of carbonyl (C=O) groups excluding carboxylic acids is 2. The van der Waals surface area contributed by atoms with Crippen molar-refractivity contribution in [2.45, 2.75) is 20.0 Å². The quantitative estimate of drug-likeness (QED) is 0.713. The van der Waals surface area contributed by atoms with Crippen LogP contribution in [0.3, 0.4) is 0 Å². The van der Waals surface area contributed by atoms with Crippen LogP contribution in [0, 0.1) is 0 Å². The van der Waals surface area contributed by atoms with Crippen LogP contribution in [0.1, 0.15) is 29.8 Å². The highest BCUT2D eigenvalue weighted by Crippen LogP contribution is 2.33. The number of allylic oxidation sites excluding steroid dienone is 1. The first-order valence-corrected chi connectivity index (χ1v) is 5.62. The lowest BCUT2D eigenvalue weighted by Gasteiger charge is -2.26. The molecule has 0 N–H and O–H groups in total. The second-order valence-electron chi connectivity index (χ2n) is 4.27. The Morgan fingerprint density at radius 3 is 2.39 bits per heavy atom. The molecule has 2 rings (SSSR count). The number of fused-ring (bicyclic) bond motifs is 1. The first-order valence-electron chi connectivity index (χ1n) is 5.62. The van der Waals surface area contributed by atoms with Crippen molar-refractivity contribution in [2.24, 2.45) is 0 Å². The molecule has 4 nitrogen and oxygen atoms in total. The first-order chi connectivity index (χ1) is 8.56. The number of esters is 2. The fraction of sp³-hybridized carbons (Fsp3) is 0.286. The van der Waals surface area contributed by atoms with Gasteiger partial charge in [0.1, 0.15) is 0 Å². The zero-order chi connectivity index (χ0) is 13.3. The van der Waals surface area contributed by atoms with E-state index in [0.29, 0.717) is 11.1 Å². The van der Waals surface area contributed by atoms with Gasteiger partial charge in [-0.05, 0) is 25.5 Å². The Balaban J connectivity index is 2.62. The highest BCUT2D eigenvalue weighted by Gasteiger charge is 2.36. The van der Waals surface area contributed by atoms with Crippen LogP contribution in [0.4, 0.5) is 0 Å². The number of ether oxygens (including phenoxy) is 2. The topological polar surface area (TPSA) is 52.6 Å². The van der Waals surface area contributed by atoms with Gasteiger partial charge in [0.15, 0.2) is 0 Å². The Morgan fingerprint density at radius 1 is 1.22 bits per heavy atom. The van der Waals surface area contributed by atoms with Gasteiger partial charge in [0.25, 0.3) is 0 Å². The van der Waals surface area contributed by atoms with Gasteiger partial charge in [-0.25, -0.2) is 9.59 Å². The zero-order valence-corrected chi connectivity index (χ0v) is 10.5. The van der Waals surface area contributed by atoms with E-state index in [-0.39, 0.29) is 0 Å². The number of hydrogen-bond donors (Lipinski definition) is 0. The number of cyclic esters (lactones) is 1. The standard InChI is InChI=1S/C14H14O4/c1-8(2)11-9-6-4-5-7-10(9)13(15)18-12(11)14(16)17-3/h4-7,12H,1-3H3. The molecule has 1 heterocycles. The maximum atomic E-state index is 11.8. The summed E-state index contributed by atoms with van der Waals surface area (Å²) in [4.78, 5) is 23.5. The molecule has 1 aromatic carbocycles. The van der Waals surface area contributed by atoms with Gasteiger partial charge >= 0.3 is 11.9 Å². The van der Waals surface area contributed by atoms with E-state index in [2.05, 4.69) is 4.74 Å². The number of carbonyl (C=O) groups is 2. The van der Waals surface area contributed by atoms with Crippen molar-refractivity contribution in [3.05, 3.63) is 41.0 Å². The molecular formula is C14H14O4. The average molecular weight is 246 g/mol. The summed E-state index contributed by atoms with van der Waals surface area (Å²) in [5.74, 6) is -1.06. The minimum atomic E-state index is -0.970. The van der Waals surface area contributed by atoms with Gasteiger partial charge in [-0.15, -0.1) is 0 Å². The fourth-order valence-electron chi connectivity index (χ4n) is 2.07. The van der Waals surface area contributed by atoms with Gasteiger partial charge in [-0.2, -0.15) is 0 Å². The summed E-state index contributed by atoms with van der Waals surface area (Å²) in [5, 5.41) is 0. The molecule has 0 amide bonds. The van der Waals surface area contributed by atoms with E-state index in [1.165, 1.54) is 7.11 Å². The molecule has 1 aromatic rings. The van der Waals surface area contributed by atoms with Crippen molar-refractivity contribution in [1.82, 2.24) is 0 Å². The van der Waals surface area contributed by atoms with Gasteiger partial charge in [0.05, 0.1) is 12.7 Å². The van der Waals surface area contributed by atoms with Crippen molar-refractivity contribution in [3.63, 3.8) is 0 Å². The predicted molar refractivity (Wildman–Crippen MR) is 65.9 cm³/mol. The van der Waals surface area contributed by atoms with Crippen molar-refractivity contribution in [2.75, 3.05) is 7.11 Å². The summed E-state index contributed by atoms with van der Waals surface area (Å²) in [6.45, 7) is 3.75. The molecule has 0 aromatic heterocycles. The predicted octanol–water partition coefficient (Wildman–Crippen LogP) is 2.19. The Kier molecular flexibility index (Phi) is 3.19. The molecule has 18 heavy (non-hydrogen) atoms. The monoisotopic (exact) mass is 246 g/mol. The lowest BCUT2D eigenvalue weighted by Crippen LogP contribution is -2.34. The van der Waals surface area contributed by atoms with E-state index in [4.69, 9.17) is 4.74 Å². The molecule has 0 saturated heterocycles. The average Bonchev–Trinajstić information content (AvgIpc) is 2.37. The molecule has 0 saturated carbocycles. The van der Waals surface area contributed by atoms with E-state index in [9.17, 15) is 9.59 Å². The minimum Gasteiger partial charge on any atom is -0.466 e. The molecule has 0 bridgehead atoms. The third-order valence-corrected chi connectivity index (χ3v) is 2.88. The van der Waals surface area contributed by atoms with Gasteiger partial charge in [0.2, 0.25) is 6.10 Å². The summed E-state index contributed by atoms with van der Waals surface area (Å²) >= 11 is 0. The molecule has 0 aliphatic carbocycles. The van der Waals surface area contributed by atoms with Crippen LogP contribution in [-0.2, 0) is 14.3 Å². The maximum absolute atomic E-state index is 11.8. The molecular weight excluding hydrogens is 232 g/mol. The van der Waals surface area contributed by atoms with Crippen LogP contribution >= 0.6 is 0 Å². The van der Waals surface area contributed by atoms with Gasteiger partial charge in [-0.1, -0.05) is 23.8 Å². The summed E-state index contributed by atoms with van der Waals surface area (Å²) in [7, 11) is 1.28. The van der Waals surface area contributed by atoms with Crippen LogP contribution < -0.4 is 0 Å². The second kappa shape index (κ2) is 4.64. The number of benzene rings is 1. The van der Waals surface area contributed by atoms with Gasteiger partial charge in [-0.3, -0.25) is 0 Å². The van der Waals surface area contributed by atoms with E-state index in [1.807, 2.05) is 26.0 Å². The van der Waals surface area contributed by atoms with Crippen LogP contribution in [0.5, 0.6) is 0 Å². The molecule has 94 valence electrons. The van der Waals surface area contributed by atoms with Crippen LogP contribution in [0.25, 0.3) is 5.57 Å². The van der Waals surface area contributed by atoms with Gasteiger partial charge in [0, 0.05) is 5.57 Å². The van der Waals surface area contributed by atoms with Crippen LogP contribution in [0.15, 0.2) is 29.8 Å². The molecule has 1 unspecified atom stereocenters. The van der Waals surface area contributed by atoms with Crippen LogP contribution in [-0.4, -0.2) is 25.2 Å². The summed E-state index contributed by atoms with van der Waals surface area (Å²) in [6, 6.07) is 7.10. The Hall–Kier alpha value is -2.10. The van der Waals surface area contributed by atoms with E-state index < -0.39 is 18.0 Å². The third-order valence-electron chi connectivity index (χ3n) is 2.88. The van der Waals surface area contributed by atoms with E-state index in [1.54, 1.807) is 12.1 Å². The summed E-state index contributed by atoms with van der Waals surface area (Å²) in [5.41, 5.74) is 2.85. The first kappa shape index (κ1) is 12.4. The Bertz CT molecular complexity index is 538. The molecule has 0 radical (unpaired) electrons. The molecule has 0 fully saturated rings. The van der Waals surface area contributed by atoms with Crippen LogP contribution in [0.2, 0.25) is 0 Å². The zero-order valence-electron chi connectivity index (χ0n) is 10.5. The Labute approximate surface area is 105 Å². The van der Waals surface area contributed by atoms with Crippen molar-refractivity contribution >= 4 is 17.5 Å². The van der Waals surface area contributed by atoms with Crippen molar-refractivity contribution in [3.8, 4) is 0 Å². The molecule has 1 aliphatic heterocycles. The maximum Gasteiger partial charge on any atom is 0.351 e. The Morgan fingerprint density at radius 2 is 1.83 bits per heavy atom. The minimum absolute atomic E-state index is 0.480. The fourth-order valence-corrected chi connectivity index (χ4v) is 2.07. The number of methoxy groups -OCH3 is 1. The molecule has 1 aliphatic rings. The summed E-state index contributed by atoms with van der Waals surface area (Å²) < 4.78 is 9.85. The summed E-state index contributed by atoms with van der Waals surface area (Å²) in [6.07, 6.45) is -0.970. The SMILES string of the molecule is COC(=O)C1OC(=O)c2ccccc2C1=C(C)C. The molecule has 0 spiro atoms. The molecule has 4 heteroatoms. The number of rotatable bonds is 1. The smallest absolute Gasteiger partial charge is 0.351 e. The van der Waals surface area contributed by atoms with E-state index >= 15 is 0 Å². The highest BCUT2D eigenvalue weighted by atomic mass is 16.6. The second-order valence-corrected chi connectivity index (χ2v) is 4.27. The normalized spacial score (nSPS) is 17.8. The van der Waals surface area contributed by atoms with Crippen molar-refractivity contribution in [1.29, 1.82) is 0 Å². The largest absolute Gasteiger partial charge is 0.466 e. The van der Waals surface area contributed by atoms with E-state index in [0.717, 1.165) is 11.1 Å². The number of hydrogen-bond acceptors (Lipinski definition) is 4. The molecule has 1 atom stereocenters. The third kappa shape index (κ3) is 1.90. The van der Waals surface area contributed by atoms with Gasteiger partial charge < -0.3 is 9.47 Å².